The minimum Gasteiger partial charge on any atom is -0.331 e. The summed E-state index contributed by atoms with van der Waals surface area (Å²) in [7, 11) is 0. The Bertz CT molecular complexity index is 656. The average molecular weight is 285 g/mol. The molecule has 0 bridgehead atoms. The predicted molar refractivity (Wildman–Crippen MR) is 80.1 cm³/mol. The summed E-state index contributed by atoms with van der Waals surface area (Å²) in [4.78, 5) is 12.0. The number of hydrogen-bond acceptors (Lipinski definition) is 3. The molecule has 2 N–H and O–H groups in total. The molecule has 0 atom stereocenters. The SMILES string of the molecule is Cc1cccc(C)c1NC(=O)NCc1nnc2n1CCC2. The van der Waals surface area contributed by atoms with E-state index >= 15 is 0 Å². The monoisotopic (exact) mass is 285 g/mol. The summed E-state index contributed by atoms with van der Waals surface area (Å²) in [6.07, 6.45) is 2.08. The first-order chi connectivity index (χ1) is 10.1. The summed E-state index contributed by atoms with van der Waals surface area (Å²) in [6.45, 7) is 5.30. The largest absolute Gasteiger partial charge is 0.331 e. The van der Waals surface area contributed by atoms with Gasteiger partial charge in [0.2, 0.25) is 0 Å². The van der Waals surface area contributed by atoms with Crippen molar-refractivity contribution < 1.29 is 4.79 Å². The van der Waals surface area contributed by atoms with Gasteiger partial charge in [-0.2, -0.15) is 0 Å². The van der Waals surface area contributed by atoms with E-state index in [2.05, 4.69) is 25.4 Å². The van der Waals surface area contributed by atoms with Crippen molar-refractivity contribution in [2.24, 2.45) is 0 Å². The molecule has 3 rings (SSSR count). The molecule has 0 saturated heterocycles. The van der Waals surface area contributed by atoms with Crippen molar-refractivity contribution in [3.05, 3.63) is 41.0 Å². The van der Waals surface area contributed by atoms with E-state index < -0.39 is 0 Å². The van der Waals surface area contributed by atoms with Crippen LogP contribution in [0.3, 0.4) is 0 Å². The number of amides is 2. The fourth-order valence-corrected chi connectivity index (χ4v) is 2.67. The molecular formula is C15H19N5O. The smallest absolute Gasteiger partial charge is 0.319 e. The van der Waals surface area contributed by atoms with Gasteiger partial charge in [-0.25, -0.2) is 4.79 Å². The van der Waals surface area contributed by atoms with Gasteiger partial charge in [0.05, 0.1) is 6.54 Å². The van der Waals surface area contributed by atoms with Gasteiger partial charge >= 0.3 is 6.03 Å². The molecule has 0 saturated carbocycles. The Morgan fingerprint density at radius 2 is 2.05 bits per heavy atom. The highest BCUT2D eigenvalue weighted by molar-refractivity contribution is 5.90. The van der Waals surface area contributed by atoms with Gasteiger partial charge in [0.25, 0.3) is 0 Å². The molecule has 6 nitrogen and oxygen atoms in total. The van der Waals surface area contributed by atoms with Gasteiger partial charge in [0.15, 0.2) is 5.82 Å². The van der Waals surface area contributed by atoms with Gasteiger partial charge < -0.3 is 15.2 Å². The van der Waals surface area contributed by atoms with Crippen LogP contribution in [0.2, 0.25) is 0 Å². The van der Waals surface area contributed by atoms with E-state index in [0.29, 0.717) is 6.54 Å². The van der Waals surface area contributed by atoms with Gasteiger partial charge in [0.1, 0.15) is 5.82 Å². The molecule has 0 aliphatic carbocycles. The lowest BCUT2D eigenvalue weighted by Gasteiger charge is -2.12. The second kappa shape index (κ2) is 5.55. The Balaban J connectivity index is 1.62. The lowest BCUT2D eigenvalue weighted by atomic mass is 10.1. The number of fused-ring (bicyclic) bond motifs is 1. The molecule has 110 valence electrons. The number of carbonyl (C=O) groups is 1. The number of urea groups is 1. The number of nitrogens with zero attached hydrogens (tertiary/aromatic N) is 3. The van der Waals surface area contributed by atoms with Crippen molar-refractivity contribution in [1.82, 2.24) is 20.1 Å². The van der Waals surface area contributed by atoms with Gasteiger partial charge in [0, 0.05) is 18.7 Å². The Kier molecular flexibility index (Phi) is 3.60. The van der Waals surface area contributed by atoms with Crippen LogP contribution in [0.25, 0.3) is 0 Å². The van der Waals surface area contributed by atoms with Crippen LogP contribution in [0, 0.1) is 13.8 Å². The molecule has 0 unspecified atom stereocenters. The van der Waals surface area contributed by atoms with Gasteiger partial charge in [-0.05, 0) is 31.4 Å². The number of hydrogen-bond donors (Lipinski definition) is 2. The number of aryl methyl sites for hydroxylation is 3. The maximum absolute atomic E-state index is 12.0. The van der Waals surface area contributed by atoms with Crippen molar-refractivity contribution in [1.29, 1.82) is 0 Å². The summed E-state index contributed by atoms with van der Waals surface area (Å²) in [5.41, 5.74) is 2.96. The van der Waals surface area contributed by atoms with Crippen molar-refractivity contribution in [3.63, 3.8) is 0 Å². The molecule has 2 aromatic rings. The first-order valence-corrected chi connectivity index (χ1v) is 7.17. The third-order valence-electron chi connectivity index (χ3n) is 3.81. The highest BCUT2D eigenvalue weighted by Gasteiger charge is 2.17. The Morgan fingerprint density at radius 3 is 2.81 bits per heavy atom. The third kappa shape index (κ3) is 2.74. The molecule has 0 fully saturated rings. The van der Waals surface area contributed by atoms with Crippen LogP contribution in [0.15, 0.2) is 18.2 Å². The van der Waals surface area contributed by atoms with Crippen molar-refractivity contribution in [2.45, 2.75) is 39.8 Å². The molecular weight excluding hydrogens is 266 g/mol. The Labute approximate surface area is 123 Å². The Hall–Kier alpha value is -2.37. The molecule has 1 aliphatic rings. The lowest BCUT2D eigenvalue weighted by Crippen LogP contribution is -2.30. The number of para-hydroxylation sites is 1. The molecule has 0 radical (unpaired) electrons. The molecule has 6 heteroatoms. The first-order valence-electron chi connectivity index (χ1n) is 7.17. The quantitative estimate of drug-likeness (QED) is 0.907. The van der Waals surface area contributed by atoms with Crippen LogP contribution >= 0.6 is 0 Å². The predicted octanol–water partition coefficient (Wildman–Crippen LogP) is 2.16. The molecule has 0 spiro atoms. The van der Waals surface area contributed by atoms with E-state index in [9.17, 15) is 4.79 Å². The van der Waals surface area contributed by atoms with Crippen molar-refractivity contribution in [3.8, 4) is 0 Å². The summed E-state index contributed by atoms with van der Waals surface area (Å²) < 4.78 is 2.08. The van der Waals surface area contributed by atoms with E-state index in [1.807, 2.05) is 32.0 Å². The van der Waals surface area contributed by atoms with Crippen LogP contribution in [0.4, 0.5) is 10.5 Å². The maximum Gasteiger partial charge on any atom is 0.319 e. The highest BCUT2D eigenvalue weighted by Crippen LogP contribution is 2.19. The van der Waals surface area contributed by atoms with Crippen LogP contribution in [0.5, 0.6) is 0 Å². The number of carbonyl (C=O) groups excluding carboxylic acids is 1. The molecule has 1 aromatic heterocycles. The van der Waals surface area contributed by atoms with E-state index in [4.69, 9.17) is 0 Å². The fraction of sp³-hybridized carbons (Fsp3) is 0.400. The molecule has 1 aliphatic heterocycles. The summed E-state index contributed by atoms with van der Waals surface area (Å²) in [5, 5.41) is 14.0. The van der Waals surface area contributed by atoms with E-state index in [-0.39, 0.29) is 6.03 Å². The minimum absolute atomic E-state index is 0.220. The van der Waals surface area contributed by atoms with E-state index in [0.717, 1.165) is 47.8 Å². The zero-order valence-electron chi connectivity index (χ0n) is 12.3. The summed E-state index contributed by atoms with van der Waals surface area (Å²) in [5.74, 6) is 1.83. The van der Waals surface area contributed by atoms with E-state index in [1.165, 1.54) is 0 Å². The fourth-order valence-electron chi connectivity index (χ4n) is 2.67. The van der Waals surface area contributed by atoms with Crippen molar-refractivity contribution >= 4 is 11.7 Å². The third-order valence-corrected chi connectivity index (χ3v) is 3.81. The topological polar surface area (TPSA) is 71.8 Å². The van der Waals surface area contributed by atoms with Crippen LogP contribution < -0.4 is 10.6 Å². The normalized spacial score (nSPS) is 13.0. The highest BCUT2D eigenvalue weighted by atomic mass is 16.2. The first kappa shape index (κ1) is 13.6. The summed E-state index contributed by atoms with van der Waals surface area (Å²) >= 11 is 0. The van der Waals surface area contributed by atoms with E-state index in [1.54, 1.807) is 0 Å². The Morgan fingerprint density at radius 1 is 1.29 bits per heavy atom. The van der Waals surface area contributed by atoms with Gasteiger partial charge in [-0.1, -0.05) is 18.2 Å². The van der Waals surface area contributed by atoms with Crippen LogP contribution in [-0.2, 0) is 19.5 Å². The van der Waals surface area contributed by atoms with Crippen LogP contribution in [-0.4, -0.2) is 20.8 Å². The number of aromatic nitrogens is 3. The number of rotatable bonds is 3. The molecule has 1 aromatic carbocycles. The zero-order valence-corrected chi connectivity index (χ0v) is 12.3. The number of nitrogens with one attached hydrogen (secondary N) is 2. The summed E-state index contributed by atoms with van der Waals surface area (Å²) in [6, 6.07) is 5.72. The molecule has 21 heavy (non-hydrogen) atoms. The maximum atomic E-state index is 12.0. The second-order valence-corrected chi connectivity index (χ2v) is 5.36. The standard InChI is InChI=1S/C15H19N5O/c1-10-5-3-6-11(2)14(10)17-15(21)16-9-13-19-18-12-7-4-8-20(12)13/h3,5-6H,4,7-9H2,1-2H3,(H2,16,17,21). The van der Waals surface area contributed by atoms with Gasteiger partial charge in [-0.15, -0.1) is 10.2 Å². The zero-order chi connectivity index (χ0) is 14.8. The molecule has 2 amide bonds. The molecule has 2 heterocycles. The lowest BCUT2D eigenvalue weighted by molar-refractivity contribution is 0.251. The number of anilines is 1. The second-order valence-electron chi connectivity index (χ2n) is 5.36. The van der Waals surface area contributed by atoms with Gasteiger partial charge in [-0.3, -0.25) is 0 Å². The average Bonchev–Trinajstić information content (AvgIpc) is 3.04. The number of benzene rings is 1. The van der Waals surface area contributed by atoms with Crippen molar-refractivity contribution in [2.75, 3.05) is 5.32 Å². The minimum atomic E-state index is -0.220. The van der Waals surface area contributed by atoms with Crippen LogP contribution in [0.1, 0.15) is 29.2 Å².